The monoisotopic (exact) mass is 161 g/mol. The second kappa shape index (κ2) is 4.02. The Morgan fingerprint density at radius 3 is 2.91 bits per heavy atom. The molecular weight excluding hydrogens is 145 g/mol. The molecular formula is C8H16FNO. The van der Waals surface area contributed by atoms with E-state index in [0.29, 0.717) is 18.7 Å². The summed E-state index contributed by atoms with van der Waals surface area (Å²) in [7, 11) is 0. The van der Waals surface area contributed by atoms with Gasteiger partial charge < -0.3 is 10.1 Å². The zero-order valence-electron chi connectivity index (χ0n) is 7.14. The molecule has 0 spiro atoms. The first-order chi connectivity index (χ1) is 5.24. The van der Waals surface area contributed by atoms with Gasteiger partial charge in [-0.05, 0) is 20.3 Å². The molecule has 2 atom stereocenters. The number of halogens is 1. The minimum absolute atomic E-state index is 0.287. The van der Waals surface area contributed by atoms with Crippen molar-refractivity contribution in [1.29, 1.82) is 0 Å². The molecule has 0 radical (unpaired) electrons. The Morgan fingerprint density at radius 2 is 2.36 bits per heavy atom. The van der Waals surface area contributed by atoms with Crippen molar-refractivity contribution in [2.24, 2.45) is 0 Å². The van der Waals surface area contributed by atoms with Crippen molar-refractivity contribution in [2.75, 3.05) is 13.2 Å². The predicted octanol–water partition coefficient (Wildman–Crippen LogP) is 1.11. The van der Waals surface area contributed by atoms with Gasteiger partial charge in [-0.25, -0.2) is 4.39 Å². The molecule has 1 aliphatic carbocycles. The highest BCUT2D eigenvalue weighted by atomic mass is 19.1. The minimum Gasteiger partial charge on any atom is -0.374 e. The van der Waals surface area contributed by atoms with Gasteiger partial charge in [-0.1, -0.05) is 0 Å². The van der Waals surface area contributed by atoms with Gasteiger partial charge >= 0.3 is 0 Å². The van der Waals surface area contributed by atoms with Gasteiger partial charge in [0, 0.05) is 12.6 Å². The molecule has 0 unspecified atom stereocenters. The maximum atomic E-state index is 11.7. The summed E-state index contributed by atoms with van der Waals surface area (Å²) < 4.78 is 17.2. The van der Waals surface area contributed by atoms with Crippen LogP contribution >= 0.6 is 0 Å². The fourth-order valence-electron chi connectivity index (χ4n) is 1.13. The third-order valence-electron chi connectivity index (χ3n) is 1.68. The summed E-state index contributed by atoms with van der Waals surface area (Å²) in [5.74, 6) is 0. The van der Waals surface area contributed by atoms with Crippen LogP contribution in [0.2, 0.25) is 0 Å². The van der Waals surface area contributed by atoms with E-state index in [1.165, 1.54) is 0 Å². The highest BCUT2D eigenvalue weighted by Gasteiger charge is 2.38. The van der Waals surface area contributed by atoms with E-state index < -0.39 is 0 Å². The van der Waals surface area contributed by atoms with E-state index in [0.717, 1.165) is 6.42 Å². The molecule has 0 heterocycles. The van der Waals surface area contributed by atoms with Crippen LogP contribution in [0.15, 0.2) is 0 Å². The third kappa shape index (κ3) is 3.16. The highest BCUT2D eigenvalue weighted by Crippen LogP contribution is 2.26. The smallest absolute Gasteiger partial charge is 0.102 e. The van der Waals surface area contributed by atoms with Gasteiger partial charge in [0.2, 0.25) is 0 Å². The lowest BCUT2D eigenvalue weighted by molar-refractivity contribution is 0.0594. The molecule has 0 aromatic rings. The average molecular weight is 161 g/mol. The molecule has 66 valence electrons. The van der Waals surface area contributed by atoms with Crippen LogP contribution in [-0.2, 0) is 4.74 Å². The summed E-state index contributed by atoms with van der Waals surface area (Å²) in [6.45, 7) is 4.21. The first-order valence-electron chi connectivity index (χ1n) is 4.19. The number of nitrogens with one attached hydrogen (secondary N) is 1. The average Bonchev–Trinajstić information content (AvgIpc) is 2.62. The van der Waals surface area contributed by atoms with Crippen LogP contribution in [0.3, 0.4) is 0 Å². The lowest BCUT2D eigenvalue weighted by atomic mass is 10.5. The summed E-state index contributed by atoms with van der Waals surface area (Å²) in [4.78, 5) is 0. The summed E-state index contributed by atoms with van der Waals surface area (Å²) in [5, 5.41) is 3.06. The molecule has 1 rings (SSSR count). The third-order valence-corrected chi connectivity index (χ3v) is 1.68. The second-order valence-corrected chi connectivity index (χ2v) is 3.21. The van der Waals surface area contributed by atoms with E-state index in [1.807, 2.05) is 13.8 Å². The van der Waals surface area contributed by atoms with Crippen LogP contribution in [-0.4, -0.2) is 31.5 Å². The summed E-state index contributed by atoms with van der Waals surface area (Å²) in [6, 6.07) is 0.410. The largest absolute Gasteiger partial charge is 0.374 e. The number of hydrogen-bond donors (Lipinski definition) is 1. The molecule has 1 fully saturated rings. The maximum absolute atomic E-state index is 11.7. The van der Waals surface area contributed by atoms with E-state index in [2.05, 4.69) is 5.32 Å². The molecule has 1 saturated carbocycles. The van der Waals surface area contributed by atoms with Crippen LogP contribution in [0.4, 0.5) is 4.39 Å². The SMILES string of the molecule is CC(C)O[C@H]1C[C@@H]1NCCF. The fraction of sp³-hybridized carbons (Fsp3) is 1.00. The summed E-state index contributed by atoms with van der Waals surface area (Å²) in [5.41, 5.74) is 0. The summed E-state index contributed by atoms with van der Waals surface area (Å²) >= 11 is 0. The maximum Gasteiger partial charge on any atom is 0.102 e. The Labute approximate surface area is 67.1 Å². The molecule has 11 heavy (non-hydrogen) atoms. The zero-order valence-corrected chi connectivity index (χ0v) is 7.14. The second-order valence-electron chi connectivity index (χ2n) is 3.21. The van der Waals surface area contributed by atoms with E-state index in [4.69, 9.17) is 4.74 Å². The topological polar surface area (TPSA) is 21.3 Å². The molecule has 0 aromatic heterocycles. The summed E-state index contributed by atoms with van der Waals surface area (Å²) in [6.07, 6.45) is 1.66. The highest BCUT2D eigenvalue weighted by molar-refractivity contribution is 4.95. The van der Waals surface area contributed by atoms with E-state index in [-0.39, 0.29) is 12.8 Å². The van der Waals surface area contributed by atoms with Gasteiger partial charge in [0.25, 0.3) is 0 Å². The van der Waals surface area contributed by atoms with Crippen LogP contribution < -0.4 is 5.32 Å². The Kier molecular flexibility index (Phi) is 3.27. The van der Waals surface area contributed by atoms with Crippen LogP contribution in [0, 0.1) is 0 Å². The normalized spacial score (nSPS) is 29.5. The number of ether oxygens (including phenoxy) is 1. The van der Waals surface area contributed by atoms with Crippen molar-refractivity contribution < 1.29 is 9.13 Å². The molecule has 0 saturated heterocycles. The van der Waals surface area contributed by atoms with Gasteiger partial charge in [0.05, 0.1) is 12.2 Å². The van der Waals surface area contributed by atoms with E-state index in [1.54, 1.807) is 0 Å². The fourth-order valence-corrected chi connectivity index (χ4v) is 1.13. The molecule has 0 aromatic carbocycles. The van der Waals surface area contributed by atoms with Gasteiger partial charge in [-0.3, -0.25) is 0 Å². The quantitative estimate of drug-likeness (QED) is 0.652. The predicted molar refractivity (Wildman–Crippen MR) is 42.4 cm³/mol. The van der Waals surface area contributed by atoms with E-state index >= 15 is 0 Å². The van der Waals surface area contributed by atoms with Gasteiger partial charge in [0.15, 0.2) is 0 Å². The molecule has 0 aliphatic heterocycles. The number of alkyl halides is 1. The van der Waals surface area contributed by atoms with Crippen molar-refractivity contribution in [1.82, 2.24) is 5.32 Å². The molecule has 1 N–H and O–H groups in total. The van der Waals surface area contributed by atoms with Crippen molar-refractivity contribution in [2.45, 2.75) is 38.5 Å². The first kappa shape index (κ1) is 8.94. The van der Waals surface area contributed by atoms with Crippen molar-refractivity contribution in [3.63, 3.8) is 0 Å². The Hall–Kier alpha value is -0.150. The van der Waals surface area contributed by atoms with Crippen LogP contribution in [0.5, 0.6) is 0 Å². The van der Waals surface area contributed by atoms with Crippen molar-refractivity contribution in [3.8, 4) is 0 Å². The van der Waals surface area contributed by atoms with Gasteiger partial charge in [-0.15, -0.1) is 0 Å². The lowest BCUT2D eigenvalue weighted by Crippen LogP contribution is -2.23. The van der Waals surface area contributed by atoms with Crippen molar-refractivity contribution >= 4 is 0 Å². The molecule has 1 aliphatic rings. The standard InChI is InChI=1S/C8H16FNO/c1-6(2)11-8-5-7(8)10-4-3-9/h6-8,10H,3-5H2,1-2H3/t7-,8-/m0/s1. The van der Waals surface area contributed by atoms with Crippen LogP contribution in [0.1, 0.15) is 20.3 Å². The first-order valence-corrected chi connectivity index (χ1v) is 4.19. The molecule has 2 nitrogen and oxygen atoms in total. The van der Waals surface area contributed by atoms with Gasteiger partial charge in [-0.2, -0.15) is 0 Å². The number of rotatable bonds is 5. The molecule has 3 heteroatoms. The minimum atomic E-state index is -0.287. The molecule has 0 bridgehead atoms. The zero-order chi connectivity index (χ0) is 8.27. The van der Waals surface area contributed by atoms with E-state index in [9.17, 15) is 4.39 Å². The Morgan fingerprint density at radius 1 is 1.64 bits per heavy atom. The van der Waals surface area contributed by atoms with Crippen molar-refractivity contribution in [3.05, 3.63) is 0 Å². The molecule has 0 amide bonds. The lowest BCUT2D eigenvalue weighted by Gasteiger charge is -2.06. The Bertz CT molecular complexity index is 119. The van der Waals surface area contributed by atoms with Gasteiger partial charge in [0.1, 0.15) is 6.67 Å². The Balaban J connectivity index is 1.98. The number of hydrogen-bond acceptors (Lipinski definition) is 2. The van der Waals surface area contributed by atoms with Crippen LogP contribution in [0.25, 0.3) is 0 Å².